The number of sulfonamides is 1. The summed E-state index contributed by atoms with van der Waals surface area (Å²) in [5.41, 5.74) is 0.829. The van der Waals surface area contributed by atoms with E-state index in [9.17, 15) is 8.42 Å². The largest absolute Gasteiger partial charge is 0.243 e. The number of rotatable bonds is 2. The lowest BCUT2D eigenvalue weighted by atomic mass is 10.0. The van der Waals surface area contributed by atoms with E-state index in [1.54, 1.807) is 16.4 Å². The van der Waals surface area contributed by atoms with Crippen LogP contribution in [0.5, 0.6) is 0 Å². The van der Waals surface area contributed by atoms with E-state index in [-0.39, 0.29) is 0 Å². The third-order valence-electron chi connectivity index (χ3n) is 3.69. The molecule has 4 heteroatoms. The zero-order valence-electron chi connectivity index (χ0n) is 11.1. The van der Waals surface area contributed by atoms with Gasteiger partial charge in [-0.05, 0) is 43.7 Å². The third-order valence-corrected chi connectivity index (χ3v) is 5.75. The Labute approximate surface area is 110 Å². The van der Waals surface area contributed by atoms with E-state index in [1.165, 1.54) is 0 Å². The van der Waals surface area contributed by atoms with Gasteiger partial charge in [0.1, 0.15) is 0 Å². The molecule has 18 heavy (non-hydrogen) atoms. The maximum absolute atomic E-state index is 12.6. The molecule has 1 fully saturated rings. The molecule has 1 saturated heterocycles. The molecule has 1 atom stereocenters. The Balaban J connectivity index is 2.28. The lowest BCUT2D eigenvalue weighted by Crippen LogP contribution is -2.32. The Morgan fingerprint density at radius 2 is 1.89 bits per heavy atom. The predicted octanol–water partition coefficient (Wildman–Crippen LogP) is 2.81. The molecule has 1 aliphatic heterocycles. The van der Waals surface area contributed by atoms with Crippen LogP contribution in [0.1, 0.15) is 31.7 Å². The summed E-state index contributed by atoms with van der Waals surface area (Å²) in [7, 11) is -3.31. The summed E-state index contributed by atoms with van der Waals surface area (Å²) in [4.78, 5) is 0.458. The van der Waals surface area contributed by atoms with Crippen molar-refractivity contribution in [2.24, 2.45) is 5.92 Å². The molecule has 0 amide bonds. The Morgan fingerprint density at radius 3 is 2.61 bits per heavy atom. The molecule has 0 aromatic heterocycles. The summed E-state index contributed by atoms with van der Waals surface area (Å²) >= 11 is 0. The summed E-state index contributed by atoms with van der Waals surface area (Å²) in [5, 5.41) is 0. The van der Waals surface area contributed by atoms with Crippen molar-refractivity contribution in [2.45, 2.75) is 38.0 Å². The summed E-state index contributed by atoms with van der Waals surface area (Å²) in [6.45, 7) is 5.36. The summed E-state index contributed by atoms with van der Waals surface area (Å²) in [5.74, 6) is 0.627. The standard InChI is InChI=1S/C14H21NO2S/c1-12-6-5-10-15(11-9-12)18(16,17)14-8-4-3-7-13(14)2/h3-4,7-8,12H,5-6,9-11H2,1-2H3. The Kier molecular flexibility index (Phi) is 4.07. The molecule has 1 aliphatic rings. The van der Waals surface area contributed by atoms with E-state index in [2.05, 4.69) is 6.92 Å². The molecular formula is C14H21NO2S. The maximum Gasteiger partial charge on any atom is 0.243 e. The summed E-state index contributed by atoms with van der Waals surface area (Å²) < 4.78 is 26.8. The van der Waals surface area contributed by atoms with Crippen LogP contribution in [-0.4, -0.2) is 25.8 Å². The van der Waals surface area contributed by atoms with Crippen molar-refractivity contribution in [2.75, 3.05) is 13.1 Å². The highest BCUT2D eigenvalue weighted by atomic mass is 32.2. The molecule has 2 rings (SSSR count). The van der Waals surface area contributed by atoms with Crippen molar-refractivity contribution < 1.29 is 8.42 Å². The van der Waals surface area contributed by atoms with Crippen molar-refractivity contribution in [1.29, 1.82) is 0 Å². The van der Waals surface area contributed by atoms with Gasteiger partial charge in [-0.1, -0.05) is 25.1 Å². The maximum atomic E-state index is 12.6. The predicted molar refractivity (Wildman–Crippen MR) is 73.0 cm³/mol. The van der Waals surface area contributed by atoms with Gasteiger partial charge in [-0.15, -0.1) is 0 Å². The molecule has 0 bridgehead atoms. The van der Waals surface area contributed by atoms with Crippen LogP contribution in [0.25, 0.3) is 0 Å². The fraction of sp³-hybridized carbons (Fsp3) is 0.571. The molecule has 1 heterocycles. The smallest absolute Gasteiger partial charge is 0.207 e. The van der Waals surface area contributed by atoms with Crippen LogP contribution in [0, 0.1) is 12.8 Å². The highest BCUT2D eigenvalue weighted by molar-refractivity contribution is 7.89. The number of hydrogen-bond acceptors (Lipinski definition) is 2. The number of nitrogens with zero attached hydrogens (tertiary/aromatic N) is 1. The Morgan fingerprint density at radius 1 is 1.17 bits per heavy atom. The summed E-state index contributed by atoms with van der Waals surface area (Å²) in [6.07, 6.45) is 3.05. The quantitative estimate of drug-likeness (QED) is 0.826. The van der Waals surface area contributed by atoms with Gasteiger partial charge in [0.25, 0.3) is 0 Å². The van der Waals surface area contributed by atoms with Gasteiger partial charge in [0.15, 0.2) is 0 Å². The first-order chi connectivity index (χ1) is 8.51. The highest BCUT2D eigenvalue weighted by Crippen LogP contribution is 2.24. The molecule has 3 nitrogen and oxygen atoms in total. The van der Waals surface area contributed by atoms with Gasteiger partial charge in [0, 0.05) is 13.1 Å². The zero-order valence-corrected chi connectivity index (χ0v) is 11.9. The minimum absolute atomic E-state index is 0.458. The van der Waals surface area contributed by atoms with Crippen molar-refractivity contribution in [3.05, 3.63) is 29.8 Å². The summed E-state index contributed by atoms with van der Waals surface area (Å²) in [6, 6.07) is 7.23. The first-order valence-electron chi connectivity index (χ1n) is 6.57. The van der Waals surface area contributed by atoms with Crippen LogP contribution >= 0.6 is 0 Å². The van der Waals surface area contributed by atoms with E-state index in [1.807, 2.05) is 19.1 Å². The van der Waals surface area contributed by atoms with E-state index < -0.39 is 10.0 Å². The molecule has 0 N–H and O–H groups in total. The van der Waals surface area contributed by atoms with E-state index in [0.717, 1.165) is 24.8 Å². The molecular weight excluding hydrogens is 246 g/mol. The van der Waals surface area contributed by atoms with Crippen molar-refractivity contribution in [3.8, 4) is 0 Å². The van der Waals surface area contributed by atoms with Gasteiger partial charge < -0.3 is 0 Å². The van der Waals surface area contributed by atoms with E-state index in [4.69, 9.17) is 0 Å². The minimum atomic E-state index is -3.31. The van der Waals surface area contributed by atoms with Crippen LogP contribution in [-0.2, 0) is 10.0 Å². The molecule has 0 aliphatic carbocycles. The Hall–Kier alpha value is -0.870. The van der Waals surface area contributed by atoms with Crippen LogP contribution in [0.3, 0.4) is 0 Å². The Bertz CT molecular complexity index is 510. The van der Waals surface area contributed by atoms with Gasteiger partial charge in [-0.25, -0.2) is 8.42 Å². The second kappa shape index (κ2) is 5.41. The topological polar surface area (TPSA) is 37.4 Å². The van der Waals surface area contributed by atoms with Crippen LogP contribution in [0.2, 0.25) is 0 Å². The number of benzene rings is 1. The van der Waals surface area contributed by atoms with Gasteiger partial charge >= 0.3 is 0 Å². The van der Waals surface area contributed by atoms with Gasteiger partial charge in [-0.3, -0.25) is 0 Å². The minimum Gasteiger partial charge on any atom is -0.207 e. The van der Waals surface area contributed by atoms with Gasteiger partial charge in [0.2, 0.25) is 10.0 Å². The highest BCUT2D eigenvalue weighted by Gasteiger charge is 2.27. The van der Waals surface area contributed by atoms with E-state index >= 15 is 0 Å². The van der Waals surface area contributed by atoms with E-state index in [0.29, 0.717) is 23.9 Å². The molecule has 100 valence electrons. The van der Waals surface area contributed by atoms with Crippen LogP contribution < -0.4 is 0 Å². The molecule has 0 spiro atoms. The fourth-order valence-corrected chi connectivity index (χ4v) is 4.18. The van der Waals surface area contributed by atoms with Gasteiger partial charge in [-0.2, -0.15) is 4.31 Å². The third kappa shape index (κ3) is 2.75. The van der Waals surface area contributed by atoms with Crippen LogP contribution in [0.15, 0.2) is 29.2 Å². The molecule has 1 unspecified atom stereocenters. The van der Waals surface area contributed by atoms with Crippen molar-refractivity contribution >= 4 is 10.0 Å². The number of hydrogen-bond donors (Lipinski definition) is 0. The van der Waals surface area contributed by atoms with Crippen LogP contribution in [0.4, 0.5) is 0 Å². The average Bonchev–Trinajstić information content (AvgIpc) is 2.54. The van der Waals surface area contributed by atoms with Gasteiger partial charge in [0.05, 0.1) is 4.90 Å². The number of aryl methyl sites for hydroxylation is 1. The molecule has 0 saturated carbocycles. The first-order valence-corrected chi connectivity index (χ1v) is 8.01. The second-order valence-electron chi connectivity index (χ2n) is 5.21. The monoisotopic (exact) mass is 267 g/mol. The lowest BCUT2D eigenvalue weighted by molar-refractivity contribution is 0.416. The fourth-order valence-electron chi connectivity index (χ4n) is 2.46. The van der Waals surface area contributed by atoms with Crippen molar-refractivity contribution in [3.63, 3.8) is 0 Å². The van der Waals surface area contributed by atoms with Crippen molar-refractivity contribution in [1.82, 2.24) is 4.31 Å². The normalized spacial score (nSPS) is 22.7. The first kappa shape index (κ1) is 13.6. The average molecular weight is 267 g/mol. The SMILES string of the molecule is Cc1ccccc1S(=O)(=O)N1CCCC(C)CC1. The molecule has 1 aromatic carbocycles. The molecule has 1 aromatic rings. The second-order valence-corrected chi connectivity index (χ2v) is 7.11. The lowest BCUT2D eigenvalue weighted by Gasteiger charge is -2.21. The zero-order chi connectivity index (χ0) is 13.2. The molecule has 0 radical (unpaired) electrons.